The average Bonchev–Trinajstić information content (AvgIpc) is 2.49. The largest absolute Gasteiger partial charge is 0.362 e. The van der Waals surface area contributed by atoms with Gasteiger partial charge in [0, 0.05) is 18.7 Å². The van der Waals surface area contributed by atoms with Gasteiger partial charge in [-0.2, -0.15) is 5.10 Å². The molecule has 2 aromatic rings. The lowest BCUT2D eigenvalue weighted by atomic mass is 10.2. The predicted molar refractivity (Wildman–Crippen MR) is 51.5 cm³/mol. The second-order valence-electron chi connectivity index (χ2n) is 3.10. The molecule has 1 aromatic heterocycles. The Balaban J connectivity index is 2.55. The van der Waals surface area contributed by atoms with Crippen molar-refractivity contribution >= 4 is 10.9 Å². The molecule has 0 spiro atoms. The predicted octanol–water partition coefficient (Wildman–Crippen LogP) is 1.95. The monoisotopic (exact) mass is 176 g/mol. The molecule has 1 aromatic carbocycles. The second kappa shape index (κ2) is 3.18. The average molecular weight is 176 g/mol. The summed E-state index contributed by atoms with van der Waals surface area (Å²) in [6.07, 6.45) is 1.99. The van der Waals surface area contributed by atoms with Crippen molar-refractivity contribution in [3.8, 4) is 0 Å². The third kappa shape index (κ3) is 1.42. The quantitative estimate of drug-likeness (QED) is 0.699. The molecule has 3 heteroatoms. The van der Waals surface area contributed by atoms with Crippen LogP contribution in [0.5, 0.6) is 0 Å². The molecule has 0 fully saturated rings. The second-order valence-corrected chi connectivity index (χ2v) is 3.10. The van der Waals surface area contributed by atoms with Crippen molar-refractivity contribution in [3.63, 3.8) is 0 Å². The maximum atomic E-state index is 5.00. The molecule has 0 N–H and O–H groups in total. The van der Waals surface area contributed by atoms with E-state index < -0.39 is 0 Å². The molecule has 68 valence electrons. The highest BCUT2D eigenvalue weighted by atomic mass is 16.5. The van der Waals surface area contributed by atoms with Crippen LogP contribution in [0.3, 0.4) is 0 Å². The van der Waals surface area contributed by atoms with Crippen LogP contribution in [0.4, 0.5) is 0 Å². The van der Waals surface area contributed by atoms with Crippen molar-refractivity contribution < 1.29 is 4.74 Å². The summed E-state index contributed by atoms with van der Waals surface area (Å²) in [6.45, 7) is 2.57. The highest BCUT2D eigenvalue weighted by Crippen LogP contribution is 2.15. The lowest BCUT2D eigenvalue weighted by Gasteiger charge is -1.95. The van der Waals surface area contributed by atoms with Crippen molar-refractivity contribution in [1.82, 2.24) is 9.78 Å². The Kier molecular flexibility index (Phi) is 2.02. The van der Waals surface area contributed by atoms with E-state index in [1.54, 1.807) is 11.8 Å². The van der Waals surface area contributed by atoms with Gasteiger partial charge in [0.05, 0.1) is 5.52 Å². The molecule has 0 saturated heterocycles. The van der Waals surface area contributed by atoms with E-state index in [-0.39, 0.29) is 0 Å². The standard InChI is InChI=1S/C10H12N2O/c1-8-4-3-5-9-6-12(7-13-2)11-10(8)9/h3-6H,7H2,1-2H3. The molecule has 0 bridgehead atoms. The number of fused-ring (bicyclic) bond motifs is 1. The van der Waals surface area contributed by atoms with Gasteiger partial charge in [-0.3, -0.25) is 0 Å². The molecule has 0 aliphatic carbocycles. The number of nitrogens with zero attached hydrogens (tertiary/aromatic N) is 2. The Labute approximate surface area is 76.9 Å². The summed E-state index contributed by atoms with van der Waals surface area (Å²) in [5.74, 6) is 0. The van der Waals surface area contributed by atoms with Crippen LogP contribution < -0.4 is 0 Å². The van der Waals surface area contributed by atoms with Gasteiger partial charge in [-0.05, 0) is 12.5 Å². The lowest BCUT2D eigenvalue weighted by Crippen LogP contribution is -1.99. The van der Waals surface area contributed by atoms with Gasteiger partial charge in [0.2, 0.25) is 0 Å². The topological polar surface area (TPSA) is 27.1 Å². The van der Waals surface area contributed by atoms with Crippen molar-refractivity contribution in [2.75, 3.05) is 7.11 Å². The lowest BCUT2D eigenvalue weighted by molar-refractivity contribution is 0.121. The first-order valence-electron chi connectivity index (χ1n) is 4.23. The fraction of sp³-hybridized carbons (Fsp3) is 0.300. The third-order valence-electron chi connectivity index (χ3n) is 2.05. The van der Waals surface area contributed by atoms with Crippen molar-refractivity contribution in [3.05, 3.63) is 30.0 Å². The number of rotatable bonds is 2. The molecule has 3 nitrogen and oxygen atoms in total. The van der Waals surface area contributed by atoms with Gasteiger partial charge in [-0.1, -0.05) is 18.2 Å². The number of aryl methyl sites for hydroxylation is 1. The maximum absolute atomic E-state index is 5.00. The van der Waals surface area contributed by atoms with Crippen LogP contribution in [0, 0.1) is 6.92 Å². The molecular weight excluding hydrogens is 164 g/mol. The fourth-order valence-electron chi connectivity index (χ4n) is 1.44. The maximum Gasteiger partial charge on any atom is 0.138 e. The van der Waals surface area contributed by atoms with Gasteiger partial charge in [-0.15, -0.1) is 0 Å². The van der Waals surface area contributed by atoms with E-state index in [0.29, 0.717) is 6.73 Å². The van der Waals surface area contributed by atoms with Crippen LogP contribution in [0.15, 0.2) is 24.4 Å². The molecule has 0 unspecified atom stereocenters. The highest BCUT2D eigenvalue weighted by Gasteiger charge is 2.01. The summed E-state index contributed by atoms with van der Waals surface area (Å²) >= 11 is 0. The molecule has 0 amide bonds. The summed E-state index contributed by atoms with van der Waals surface area (Å²) in [5, 5.41) is 5.56. The molecule has 13 heavy (non-hydrogen) atoms. The van der Waals surface area contributed by atoms with E-state index in [9.17, 15) is 0 Å². The summed E-state index contributed by atoms with van der Waals surface area (Å²) in [4.78, 5) is 0. The van der Waals surface area contributed by atoms with Gasteiger partial charge in [0.1, 0.15) is 6.73 Å². The fourth-order valence-corrected chi connectivity index (χ4v) is 1.44. The highest BCUT2D eigenvalue weighted by molar-refractivity contribution is 5.80. The zero-order chi connectivity index (χ0) is 9.26. The molecule has 0 atom stereocenters. The molecule has 2 rings (SSSR count). The molecule has 0 saturated carbocycles. The van der Waals surface area contributed by atoms with Crippen molar-refractivity contribution in [1.29, 1.82) is 0 Å². The molecular formula is C10H12N2O. The number of aromatic nitrogens is 2. The smallest absolute Gasteiger partial charge is 0.138 e. The molecule has 0 aliphatic heterocycles. The third-order valence-corrected chi connectivity index (χ3v) is 2.05. The molecule has 1 heterocycles. The normalized spacial score (nSPS) is 10.9. The number of hydrogen-bond donors (Lipinski definition) is 0. The van der Waals surface area contributed by atoms with Crippen LogP contribution in [0.1, 0.15) is 5.56 Å². The van der Waals surface area contributed by atoms with Crippen molar-refractivity contribution in [2.24, 2.45) is 0 Å². The first kappa shape index (κ1) is 8.26. The minimum absolute atomic E-state index is 0.508. The number of methoxy groups -OCH3 is 1. The summed E-state index contributed by atoms with van der Waals surface area (Å²) in [6, 6.07) is 6.16. The van der Waals surface area contributed by atoms with Crippen LogP contribution in [-0.4, -0.2) is 16.9 Å². The number of ether oxygens (including phenoxy) is 1. The molecule has 0 radical (unpaired) electrons. The van der Waals surface area contributed by atoms with Gasteiger partial charge in [-0.25, -0.2) is 4.68 Å². The van der Waals surface area contributed by atoms with Crippen molar-refractivity contribution in [2.45, 2.75) is 13.7 Å². The summed E-state index contributed by atoms with van der Waals surface area (Å²) in [7, 11) is 1.67. The minimum Gasteiger partial charge on any atom is -0.362 e. The van der Waals surface area contributed by atoms with Crippen LogP contribution in [-0.2, 0) is 11.5 Å². The van der Waals surface area contributed by atoms with Gasteiger partial charge >= 0.3 is 0 Å². The number of benzene rings is 1. The number of hydrogen-bond acceptors (Lipinski definition) is 2. The van der Waals surface area contributed by atoms with E-state index in [0.717, 1.165) is 10.9 Å². The van der Waals surface area contributed by atoms with E-state index in [1.807, 2.05) is 12.3 Å². The van der Waals surface area contributed by atoms with E-state index >= 15 is 0 Å². The zero-order valence-corrected chi connectivity index (χ0v) is 7.82. The van der Waals surface area contributed by atoms with Crippen LogP contribution in [0.25, 0.3) is 10.9 Å². The van der Waals surface area contributed by atoms with Crippen LogP contribution in [0.2, 0.25) is 0 Å². The van der Waals surface area contributed by atoms with E-state index in [2.05, 4.69) is 24.2 Å². The van der Waals surface area contributed by atoms with E-state index in [4.69, 9.17) is 4.74 Å². The van der Waals surface area contributed by atoms with Gasteiger partial charge in [0.15, 0.2) is 0 Å². The van der Waals surface area contributed by atoms with Crippen LogP contribution >= 0.6 is 0 Å². The van der Waals surface area contributed by atoms with E-state index in [1.165, 1.54) is 5.56 Å². The van der Waals surface area contributed by atoms with Gasteiger partial charge in [0.25, 0.3) is 0 Å². The summed E-state index contributed by atoms with van der Waals surface area (Å²) < 4.78 is 6.80. The Bertz CT molecular complexity index is 420. The minimum atomic E-state index is 0.508. The molecule has 0 aliphatic rings. The Hall–Kier alpha value is -1.35. The Morgan fingerprint density at radius 2 is 2.31 bits per heavy atom. The summed E-state index contributed by atoms with van der Waals surface area (Å²) in [5.41, 5.74) is 2.26. The SMILES string of the molecule is COCn1cc2cccc(C)c2n1. The van der Waals surface area contributed by atoms with Gasteiger partial charge < -0.3 is 4.74 Å². The Morgan fingerprint density at radius 1 is 1.46 bits per heavy atom. The first-order valence-corrected chi connectivity index (χ1v) is 4.23. The Morgan fingerprint density at radius 3 is 3.00 bits per heavy atom. The first-order chi connectivity index (χ1) is 6.31. The zero-order valence-electron chi connectivity index (χ0n) is 7.82.